The monoisotopic (exact) mass is 494 g/mol. The molecular weight excluding hydrogens is 460 g/mol. The second-order valence-corrected chi connectivity index (χ2v) is 9.61. The average Bonchev–Trinajstić information content (AvgIpc) is 3.14. The minimum Gasteiger partial charge on any atom is -0.496 e. The van der Waals surface area contributed by atoms with Gasteiger partial charge in [-0.05, 0) is 64.8 Å². The van der Waals surface area contributed by atoms with Gasteiger partial charge in [0.05, 0.1) is 31.3 Å². The number of aromatic amines is 1. The number of amides is 1. The van der Waals surface area contributed by atoms with E-state index < -0.39 is 5.97 Å². The standard InChI is InChI=1S/C27H34N4O5/c1-16-13-23(36-4)21(26(34)29-16)14-28-27(35)25-18(3)31(22-8-6-5-7-20(22)25)17(2)19-9-11-30(12-10-19)15-24(32)33/h5-8,13,17,19H,9-12,14-15H2,1-4H3,(H,28,35)(H,29,34)(H,32,33). The molecule has 0 radical (unpaired) electrons. The van der Waals surface area contributed by atoms with Crippen LogP contribution in [0.1, 0.15) is 53.1 Å². The molecule has 1 amide bonds. The molecule has 36 heavy (non-hydrogen) atoms. The third-order valence-electron chi connectivity index (χ3n) is 7.34. The minimum absolute atomic E-state index is 0.0498. The summed E-state index contributed by atoms with van der Waals surface area (Å²) in [6.45, 7) is 7.54. The number of nitrogens with zero attached hydrogens (tertiary/aromatic N) is 2. The summed E-state index contributed by atoms with van der Waals surface area (Å²) < 4.78 is 7.60. The number of fused-ring (bicyclic) bond motifs is 1. The molecule has 4 rings (SSSR count). The Bertz CT molecular complexity index is 1330. The lowest BCUT2D eigenvalue weighted by molar-refractivity contribution is -0.138. The van der Waals surface area contributed by atoms with Gasteiger partial charge in [0.25, 0.3) is 11.5 Å². The van der Waals surface area contributed by atoms with Crippen molar-refractivity contribution in [3.8, 4) is 5.75 Å². The Kier molecular flexibility index (Phi) is 7.49. The fourth-order valence-electron chi connectivity index (χ4n) is 5.49. The highest BCUT2D eigenvalue weighted by Gasteiger charge is 2.29. The number of carbonyl (C=O) groups is 2. The number of likely N-dealkylation sites (tertiary alicyclic amines) is 1. The van der Waals surface area contributed by atoms with Crippen LogP contribution in [0.15, 0.2) is 35.1 Å². The number of nitrogens with one attached hydrogen (secondary N) is 2. The molecule has 3 aromatic rings. The summed E-state index contributed by atoms with van der Waals surface area (Å²) in [5, 5.41) is 12.9. The lowest BCUT2D eigenvalue weighted by Crippen LogP contribution is -2.39. The Labute approximate surface area is 210 Å². The third-order valence-corrected chi connectivity index (χ3v) is 7.34. The number of pyridine rings is 1. The number of piperidine rings is 1. The van der Waals surface area contributed by atoms with Gasteiger partial charge in [0.2, 0.25) is 0 Å². The van der Waals surface area contributed by atoms with E-state index in [0.29, 0.717) is 28.5 Å². The molecule has 3 N–H and O–H groups in total. The van der Waals surface area contributed by atoms with Crippen LogP contribution in [-0.4, -0.2) is 58.2 Å². The van der Waals surface area contributed by atoms with Crippen molar-refractivity contribution in [2.75, 3.05) is 26.7 Å². The van der Waals surface area contributed by atoms with Crippen molar-refractivity contribution >= 4 is 22.8 Å². The number of benzene rings is 1. The van der Waals surface area contributed by atoms with E-state index in [2.05, 4.69) is 21.8 Å². The van der Waals surface area contributed by atoms with Crippen LogP contribution in [0.5, 0.6) is 5.75 Å². The molecule has 9 heteroatoms. The highest BCUT2D eigenvalue weighted by Crippen LogP contribution is 2.35. The van der Waals surface area contributed by atoms with Gasteiger partial charge in [0.1, 0.15) is 5.75 Å². The second kappa shape index (κ2) is 10.6. The van der Waals surface area contributed by atoms with Crippen LogP contribution < -0.4 is 15.6 Å². The number of aliphatic carboxylic acids is 1. The van der Waals surface area contributed by atoms with Gasteiger partial charge in [0.15, 0.2) is 0 Å². The molecule has 0 aliphatic carbocycles. The van der Waals surface area contributed by atoms with Crippen LogP contribution in [0.3, 0.4) is 0 Å². The molecule has 1 atom stereocenters. The van der Waals surface area contributed by atoms with Crippen molar-refractivity contribution in [1.82, 2.24) is 19.8 Å². The number of ether oxygens (including phenoxy) is 1. The van der Waals surface area contributed by atoms with Crippen molar-refractivity contribution in [3.63, 3.8) is 0 Å². The number of carboxylic acids is 1. The fraction of sp³-hybridized carbons (Fsp3) is 0.444. The van der Waals surface area contributed by atoms with Crippen molar-refractivity contribution in [1.29, 1.82) is 0 Å². The Balaban J connectivity index is 1.59. The maximum Gasteiger partial charge on any atom is 0.317 e. The summed E-state index contributed by atoms with van der Waals surface area (Å²) in [6.07, 6.45) is 1.80. The first-order valence-corrected chi connectivity index (χ1v) is 12.3. The topological polar surface area (TPSA) is 117 Å². The summed E-state index contributed by atoms with van der Waals surface area (Å²) in [5.74, 6) is -0.225. The van der Waals surface area contributed by atoms with Gasteiger partial charge in [-0.15, -0.1) is 0 Å². The quantitative estimate of drug-likeness (QED) is 0.443. The van der Waals surface area contributed by atoms with Gasteiger partial charge in [-0.3, -0.25) is 19.3 Å². The van der Waals surface area contributed by atoms with Crippen LogP contribution in [0.2, 0.25) is 0 Å². The van der Waals surface area contributed by atoms with E-state index in [-0.39, 0.29) is 30.6 Å². The SMILES string of the molecule is COc1cc(C)[nH]c(=O)c1CNC(=O)c1c(C)n(C(C)C2CCN(CC(=O)O)CC2)c2ccccc12. The molecule has 3 heterocycles. The Morgan fingerprint density at radius 2 is 1.92 bits per heavy atom. The molecule has 1 aromatic carbocycles. The van der Waals surface area contributed by atoms with Gasteiger partial charge < -0.3 is 24.7 Å². The Morgan fingerprint density at radius 1 is 1.22 bits per heavy atom. The molecule has 1 aliphatic heterocycles. The largest absolute Gasteiger partial charge is 0.496 e. The molecule has 1 unspecified atom stereocenters. The lowest BCUT2D eigenvalue weighted by Gasteiger charge is -2.35. The first-order chi connectivity index (χ1) is 17.2. The highest BCUT2D eigenvalue weighted by molar-refractivity contribution is 6.08. The first kappa shape index (κ1) is 25.5. The smallest absolute Gasteiger partial charge is 0.317 e. The third kappa shape index (κ3) is 5.02. The molecule has 2 aromatic heterocycles. The molecule has 0 saturated carbocycles. The maximum absolute atomic E-state index is 13.4. The second-order valence-electron chi connectivity index (χ2n) is 9.61. The van der Waals surface area contributed by atoms with E-state index in [4.69, 9.17) is 9.84 Å². The molecule has 1 saturated heterocycles. The molecule has 1 aliphatic rings. The minimum atomic E-state index is -0.797. The summed E-state index contributed by atoms with van der Waals surface area (Å²) in [4.78, 5) is 41.7. The number of para-hydroxylation sites is 1. The summed E-state index contributed by atoms with van der Waals surface area (Å²) >= 11 is 0. The Morgan fingerprint density at radius 3 is 2.58 bits per heavy atom. The predicted octanol–water partition coefficient (Wildman–Crippen LogP) is 3.24. The molecule has 1 fully saturated rings. The number of methoxy groups -OCH3 is 1. The summed E-state index contributed by atoms with van der Waals surface area (Å²) in [6, 6.07) is 9.76. The summed E-state index contributed by atoms with van der Waals surface area (Å²) in [5.41, 5.74) is 3.25. The van der Waals surface area contributed by atoms with E-state index in [9.17, 15) is 14.4 Å². The zero-order chi connectivity index (χ0) is 26.0. The van der Waals surface area contributed by atoms with E-state index in [0.717, 1.165) is 42.5 Å². The maximum atomic E-state index is 13.4. The normalized spacial score (nSPS) is 15.7. The van der Waals surface area contributed by atoms with Crippen LogP contribution in [-0.2, 0) is 11.3 Å². The molecule has 0 spiro atoms. The molecule has 9 nitrogen and oxygen atoms in total. The van der Waals surface area contributed by atoms with Gasteiger partial charge in [0, 0.05) is 28.3 Å². The van der Waals surface area contributed by atoms with E-state index in [1.807, 2.05) is 36.1 Å². The van der Waals surface area contributed by atoms with Gasteiger partial charge >= 0.3 is 5.97 Å². The Hall–Kier alpha value is -3.59. The van der Waals surface area contributed by atoms with Crippen molar-refractivity contribution in [3.05, 3.63) is 63.2 Å². The number of H-pyrrole nitrogens is 1. The number of carboxylic acid groups (broad SMARTS) is 1. The van der Waals surface area contributed by atoms with Gasteiger partial charge in [-0.25, -0.2) is 0 Å². The lowest BCUT2D eigenvalue weighted by atomic mass is 9.90. The zero-order valence-corrected chi connectivity index (χ0v) is 21.3. The first-order valence-electron chi connectivity index (χ1n) is 12.3. The fourth-order valence-corrected chi connectivity index (χ4v) is 5.49. The molecule has 192 valence electrons. The molecular formula is C27H34N4O5. The van der Waals surface area contributed by atoms with Gasteiger partial charge in [-0.1, -0.05) is 18.2 Å². The number of aryl methyl sites for hydroxylation is 1. The van der Waals surface area contributed by atoms with Crippen molar-refractivity contribution < 1.29 is 19.4 Å². The highest BCUT2D eigenvalue weighted by atomic mass is 16.5. The van der Waals surface area contributed by atoms with Gasteiger partial charge in [-0.2, -0.15) is 0 Å². The number of hydrogen-bond acceptors (Lipinski definition) is 5. The zero-order valence-electron chi connectivity index (χ0n) is 21.3. The van der Waals surface area contributed by atoms with Crippen LogP contribution in [0, 0.1) is 19.8 Å². The van der Waals surface area contributed by atoms with E-state index >= 15 is 0 Å². The predicted molar refractivity (Wildman–Crippen MR) is 138 cm³/mol. The summed E-state index contributed by atoms with van der Waals surface area (Å²) in [7, 11) is 1.50. The average molecular weight is 495 g/mol. The number of rotatable bonds is 8. The van der Waals surface area contributed by atoms with Crippen LogP contribution in [0.4, 0.5) is 0 Å². The molecule has 0 bridgehead atoms. The van der Waals surface area contributed by atoms with E-state index in [1.165, 1.54) is 7.11 Å². The van der Waals surface area contributed by atoms with Crippen LogP contribution in [0.25, 0.3) is 10.9 Å². The number of hydrogen-bond donors (Lipinski definition) is 3. The van der Waals surface area contributed by atoms with Crippen molar-refractivity contribution in [2.45, 2.75) is 46.2 Å². The van der Waals surface area contributed by atoms with Crippen molar-refractivity contribution in [2.24, 2.45) is 5.92 Å². The number of carbonyl (C=O) groups excluding carboxylic acids is 1. The van der Waals surface area contributed by atoms with E-state index in [1.54, 1.807) is 13.0 Å². The number of aromatic nitrogens is 2. The van der Waals surface area contributed by atoms with Crippen LogP contribution >= 0.6 is 0 Å².